The molecule has 11 heteroatoms. The summed E-state index contributed by atoms with van der Waals surface area (Å²) in [7, 11) is 1.78. The van der Waals surface area contributed by atoms with Crippen molar-refractivity contribution in [2.75, 3.05) is 20.6 Å². The van der Waals surface area contributed by atoms with E-state index < -0.39 is 29.4 Å². The van der Waals surface area contributed by atoms with E-state index in [-0.39, 0.29) is 19.5 Å². The van der Waals surface area contributed by atoms with E-state index in [0.717, 1.165) is 11.1 Å². The number of rotatable bonds is 3. The number of hydrogen-bond acceptors (Lipinski definition) is 8. The predicted molar refractivity (Wildman–Crippen MR) is 150 cm³/mol. The van der Waals surface area contributed by atoms with Crippen LogP contribution in [0.4, 0.5) is 9.59 Å². The van der Waals surface area contributed by atoms with Crippen LogP contribution in [-0.2, 0) is 15.9 Å². The van der Waals surface area contributed by atoms with E-state index in [0.29, 0.717) is 35.1 Å². The van der Waals surface area contributed by atoms with Crippen LogP contribution in [0.3, 0.4) is 0 Å². The van der Waals surface area contributed by atoms with Gasteiger partial charge in [0.05, 0.1) is 11.7 Å². The lowest BCUT2D eigenvalue weighted by Gasteiger charge is -2.25. The fraction of sp³-hybridized carbons (Fsp3) is 0.433. The quantitative estimate of drug-likeness (QED) is 0.472. The van der Waals surface area contributed by atoms with E-state index in [1.165, 1.54) is 4.90 Å². The molecule has 1 fully saturated rings. The molecule has 0 aromatic heterocycles. The Hall–Kier alpha value is -4.41. The van der Waals surface area contributed by atoms with Crippen molar-refractivity contribution in [2.45, 2.75) is 65.2 Å². The van der Waals surface area contributed by atoms with Gasteiger partial charge in [-0.15, -0.1) is 4.99 Å². The van der Waals surface area contributed by atoms with Crippen molar-refractivity contribution in [1.29, 1.82) is 0 Å². The van der Waals surface area contributed by atoms with Crippen LogP contribution in [0.15, 0.2) is 47.1 Å². The van der Waals surface area contributed by atoms with Crippen molar-refractivity contribution in [3.63, 3.8) is 0 Å². The molecule has 0 aliphatic carbocycles. The molecule has 3 aliphatic rings. The van der Waals surface area contributed by atoms with Crippen LogP contribution in [-0.4, -0.2) is 65.8 Å². The van der Waals surface area contributed by atoms with Crippen LogP contribution in [0.25, 0.3) is 6.08 Å². The van der Waals surface area contributed by atoms with Gasteiger partial charge in [0, 0.05) is 7.05 Å². The van der Waals surface area contributed by atoms with Crippen LogP contribution in [0.5, 0.6) is 23.0 Å². The van der Waals surface area contributed by atoms with Gasteiger partial charge in [-0.05, 0) is 89.4 Å². The first kappa shape index (κ1) is 28.1. The molecule has 0 saturated carbocycles. The molecule has 0 N–H and O–H groups in total. The summed E-state index contributed by atoms with van der Waals surface area (Å²) in [6.45, 7) is 10.9. The van der Waals surface area contributed by atoms with Gasteiger partial charge in [-0.1, -0.05) is 12.1 Å². The standard InChI is InChI=1S/C30H35N3O8/c1-29(2,3)40-27(34)31-26-32(7)20(12-18-8-10-22-24(14-18)38-16-36-22)21(33(26)28(35)41-30(4,5)6)13-19-9-11-23-25(15-19)39-17-37-23/h8-11,13-15,20H,12,16-17H2,1-7H3/b21-13-,31-26+. The Kier molecular flexibility index (Phi) is 7.23. The molecule has 2 amide bonds. The molecule has 3 aliphatic heterocycles. The number of guanidine groups is 1. The van der Waals surface area contributed by atoms with E-state index in [1.807, 2.05) is 42.5 Å². The molecule has 3 heterocycles. The minimum absolute atomic E-state index is 0.0891. The first-order chi connectivity index (χ1) is 19.3. The van der Waals surface area contributed by atoms with Gasteiger partial charge < -0.3 is 33.3 Å². The normalized spacial score (nSPS) is 19.7. The molecule has 1 atom stereocenters. The van der Waals surface area contributed by atoms with E-state index in [9.17, 15) is 9.59 Å². The maximum atomic E-state index is 13.7. The molecule has 1 saturated heterocycles. The Bertz CT molecular complexity index is 1420. The van der Waals surface area contributed by atoms with Crippen molar-refractivity contribution in [3.05, 3.63) is 53.2 Å². The van der Waals surface area contributed by atoms with Gasteiger partial charge in [-0.25, -0.2) is 14.5 Å². The first-order valence-electron chi connectivity index (χ1n) is 13.3. The third-order valence-corrected chi connectivity index (χ3v) is 6.32. The lowest BCUT2D eigenvalue weighted by atomic mass is 10.0. The zero-order chi connectivity index (χ0) is 29.5. The highest BCUT2D eigenvalue weighted by atomic mass is 16.7. The molecular weight excluding hydrogens is 530 g/mol. The zero-order valence-electron chi connectivity index (χ0n) is 24.3. The maximum Gasteiger partial charge on any atom is 0.437 e. The molecular formula is C30H35N3O8. The Labute approximate surface area is 239 Å². The summed E-state index contributed by atoms with van der Waals surface area (Å²) >= 11 is 0. The van der Waals surface area contributed by atoms with Crippen molar-refractivity contribution in [1.82, 2.24) is 9.80 Å². The molecule has 0 radical (unpaired) electrons. The van der Waals surface area contributed by atoms with Gasteiger partial charge in [-0.2, -0.15) is 0 Å². The van der Waals surface area contributed by atoms with Gasteiger partial charge in [-0.3, -0.25) is 0 Å². The van der Waals surface area contributed by atoms with Gasteiger partial charge >= 0.3 is 12.2 Å². The summed E-state index contributed by atoms with van der Waals surface area (Å²) in [5.74, 6) is 2.66. The minimum Gasteiger partial charge on any atom is -0.454 e. The number of amides is 2. The van der Waals surface area contributed by atoms with E-state index in [2.05, 4.69) is 4.99 Å². The molecule has 5 rings (SSSR count). The Balaban J connectivity index is 1.61. The molecule has 41 heavy (non-hydrogen) atoms. The largest absolute Gasteiger partial charge is 0.454 e. The predicted octanol–water partition coefficient (Wildman–Crippen LogP) is 5.57. The first-order valence-corrected chi connectivity index (χ1v) is 13.3. The van der Waals surface area contributed by atoms with E-state index in [1.54, 1.807) is 53.5 Å². The number of ether oxygens (including phenoxy) is 6. The third-order valence-electron chi connectivity index (χ3n) is 6.32. The molecule has 1 unspecified atom stereocenters. The highest BCUT2D eigenvalue weighted by Crippen LogP contribution is 2.38. The van der Waals surface area contributed by atoms with Crippen LogP contribution < -0.4 is 18.9 Å². The number of fused-ring (bicyclic) bond motifs is 2. The molecule has 218 valence electrons. The fourth-order valence-electron chi connectivity index (χ4n) is 4.62. The Morgan fingerprint density at radius 2 is 1.46 bits per heavy atom. The van der Waals surface area contributed by atoms with E-state index >= 15 is 0 Å². The number of hydrogen-bond donors (Lipinski definition) is 0. The average molecular weight is 566 g/mol. The fourth-order valence-corrected chi connectivity index (χ4v) is 4.62. The van der Waals surface area contributed by atoms with Gasteiger partial charge in [0.2, 0.25) is 19.5 Å². The zero-order valence-corrected chi connectivity index (χ0v) is 24.3. The monoisotopic (exact) mass is 565 g/mol. The van der Waals surface area contributed by atoms with Gasteiger partial charge in [0.1, 0.15) is 11.2 Å². The highest BCUT2D eigenvalue weighted by Gasteiger charge is 2.44. The van der Waals surface area contributed by atoms with Crippen LogP contribution >= 0.6 is 0 Å². The number of carbonyl (C=O) groups is 2. The summed E-state index contributed by atoms with van der Waals surface area (Å²) in [5.41, 5.74) is 0.685. The Morgan fingerprint density at radius 1 is 0.878 bits per heavy atom. The van der Waals surface area contributed by atoms with Gasteiger partial charge in [0.15, 0.2) is 23.0 Å². The molecule has 2 aromatic rings. The summed E-state index contributed by atoms with van der Waals surface area (Å²) in [4.78, 5) is 34.0. The van der Waals surface area contributed by atoms with Crippen molar-refractivity contribution < 1.29 is 38.0 Å². The van der Waals surface area contributed by atoms with Crippen molar-refractivity contribution in [3.8, 4) is 23.0 Å². The summed E-state index contributed by atoms with van der Waals surface area (Å²) < 4.78 is 33.4. The number of nitrogens with zero attached hydrogens (tertiary/aromatic N) is 3. The number of likely N-dealkylation sites (N-methyl/N-ethyl adjacent to an activating group) is 1. The van der Waals surface area contributed by atoms with Crippen LogP contribution in [0.2, 0.25) is 0 Å². The van der Waals surface area contributed by atoms with E-state index in [4.69, 9.17) is 28.4 Å². The summed E-state index contributed by atoms with van der Waals surface area (Å²) in [6, 6.07) is 10.8. The minimum atomic E-state index is -0.820. The van der Waals surface area contributed by atoms with Crippen LogP contribution in [0.1, 0.15) is 52.7 Å². The van der Waals surface area contributed by atoms with Crippen LogP contribution in [0, 0.1) is 0 Å². The molecule has 0 spiro atoms. The smallest absolute Gasteiger partial charge is 0.437 e. The van der Waals surface area contributed by atoms with Crippen molar-refractivity contribution in [2.24, 2.45) is 4.99 Å². The second-order valence-corrected chi connectivity index (χ2v) is 11.9. The maximum absolute atomic E-state index is 13.7. The number of benzene rings is 2. The summed E-state index contributed by atoms with van der Waals surface area (Å²) in [6.07, 6.45) is 0.819. The lowest BCUT2D eigenvalue weighted by molar-refractivity contribution is 0.0414. The van der Waals surface area contributed by atoms with Crippen molar-refractivity contribution >= 4 is 24.2 Å². The average Bonchev–Trinajstić information content (AvgIpc) is 3.57. The highest BCUT2D eigenvalue weighted by molar-refractivity contribution is 6.04. The molecule has 11 nitrogen and oxygen atoms in total. The second kappa shape index (κ2) is 10.5. The lowest BCUT2D eigenvalue weighted by Crippen LogP contribution is -2.40. The third kappa shape index (κ3) is 6.34. The second-order valence-electron chi connectivity index (χ2n) is 11.9. The number of carbonyl (C=O) groups excluding carboxylic acids is 2. The molecule has 2 aromatic carbocycles. The topological polar surface area (TPSA) is 108 Å². The SMILES string of the molecule is CN1/C(=N\C(=O)OC(C)(C)C)N(C(=O)OC(C)(C)C)/C(=C\c2ccc3c(c2)OCO3)C1Cc1ccc2c(c1)OCO2. The number of aliphatic imine (C=N–C) groups is 1. The van der Waals surface area contributed by atoms with Gasteiger partial charge in [0.25, 0.3) is 0 Å². The summed E-state index contributed by atoms with van der Waals surface area (Å²) in [5, 5.41) is 0. The molecule has 0 bridgehead atoms. The Morgan fingerprint density at radius 3 is 2.10 bits per heavy atom.